The molecule has 0 fully saturated rings. The van der Waals surface area contributed by atoms with E-state index >= 15 is 0 Å². The average molecular weight is 927 g/mol. The lowest BCUT2D eigenvalue weighted by Crippen LogP contribution is -2.45. The molecule has 2 unspecified atom stereocenters. The molecule has 0 rings (SSSR count). The molecule has 0 aromatic heterocycles. The Morgan fingerprint density at radius 1 is 0.424 bits per heavy atom. The number of aliphatic hydroxyl groups excluding tert-OH is 2. The van der Waals surface area contributed by atoms with Crippen molar-refractivity contribution in [1.29, 1.82) is 0 Å². The van der Waals surface area contributed by atoms with E-state index in [9.17, 15) is 19.8 Å². The molecular formula is C60H111NO5. The zero-order chi connectivity index (χ0) is 47.9. The van der Waals surface area contributed by atoms with Crippen LogP contribution in [0, 0.1) is 0 Å². The topological polar surface area (TPSA) is 95.9 Å². The van der Waals surface area contributed by atoms with Crippen LogP contribution in [-0.2, 0) is 14.3 Å². The van der Waals surface area contributed by atoms with Gasteiger partial charge in [0.25, 0.3) is 0 Å². The predicted molar refractivity (Wildman–Crippen MR) is 287 cm³/mol. The lowest BCUT2D eigenvalue weighted by molar-refractivity contribution is -0.143. The van der Waals surface area contributed by atoms with Crippen LogP contribution in [0.15, 0.2) is 48.6 Å². The van der Waals surface area contributed by atoms with E-state index in [-0.39, 0.29) is 18.5 Å². The Labute approximate surface area is 410 Å². The summed E-state index contributed by atoms with van der Waals surface area (Å²) >= 11 is 0. The molecule has 0 heterocycles. The summed E-state index contributed by atoms with van der Waals surface area (Å²) in [5, 5.41) is 23.1. The van der Waals surface area contributed by atoms with Gasteiger partial charge in [0, 0.05) is 12.8 Å². The first-order chi connectivity index (χ1) is 32.5. The minimum Gasteiger partial charge on any atom is -0.466 e. The van der Waals surface area contributed by atoms with E-state index in [1.165, 1.54) is 199 Å². The Hall–Kier alpha value is -2.18. The van der Waals surface area contributed by atoms with Gasteiger partial charge in [0.2, 0.25) is 5.91 Å². The predicted octanol–water partition coefficient (Wildman–Crippen LogP) is 17.8. The van der Waals surface area contributed by atoms with Crippen molar-refractivity contribution in [1.82, 2.24) is 5.32 Å². The number of esters is 1. The minimum absolute atomic E-state index is 0.0117. The van der Waals surface area contributed by atoms with Crippen LogP contribution in [0.2, 0.25) is 0 Å². The Morgan fingerprint density at radius 2 is 0.758 bits per heavy atom. The molecule has 0 bridgehead atoms. The number of hydrogen-bond acceptors (Lipinski definition) is 5. The Balaban J connectivity index is 3.49. The Kier molecular flexibility index (Phi) is 53.6. The summed E-state index contributed by atoms with van der Waals surface area (Å²) in [6.07, 6.45) is 69.8. The second-order valence-electron chi connectivity index (χ2n) is 19.6. The third-order valence-electron chi connectivity index (χ3n) is 13.1. The van der Waals surface area contributed by atoms with Gasteiger partial charge < -0.3 is 20.3 Å². The maximum absolute atomic E-state index is 12.4. The summed E-state index contributed by atoms with van der Waals surface area (Å²) < 4.78 is 5.47. The quantitative estimate of drug-likeness (QED) is 0.0321. The van der Waals surface area contributed by atoms with Crippen molar-refractivity contribution >= 4 is 11.9 Å². The highest BCUT2D eigenvalue weighted by atomic mass is 16.5. The number of hydrogen-bond donors (Lipinski definition) is 3. The number of allylic oxidation sites excluding steroid dienone is 7. The van der Waals surface area contributed by atoms with Crippen LogP contribution in [0.1, 0.15) is 296 Å². The molecular weight excluding hydrogens is 815 g/mol. The molecule has 0 spiro atoms. The van der Waals surface area contributed by atoms with Gasteiger partial charge in [-0.25, -0.2) is 0 Å². The molecule has 0 aliphatic heterocycles. The molecule has 0 aromatic carbocycles. The summed E-state index contributed by atoms with van der Waals surface area (Å²) in [7, 11) is 0. The van der Waals surface area contributed by atoms with Crippen molar-refractivity contribution in [2.75, 3.05) is 13.2 Å². The third-order valence-corrected chi connectivity index (χ3v) is 13.1. The lowest BCUT2D eigenvalue weighted by Gasteiger charge is -2.20. The molecule has 0 radical (unpaired) electrons. The number of amides is 1. The molecule has 66 heavy (non-hydrogen) atoms. The van der Waals surface area contributed by atoms with Crippen LogP contribution in [0.3, 0.4) is 0 Å². The van der Waals surface area contributed by atoms with E-state index < -0.39 is 12.1 Å². The number of aliphatic hydroxyl groups is 2. The lowest BCUT2D eigenvalue weighted by atomic mass is 10.0. The third kappa shape index (κ3) is 51.2. The first-order valence-electron chi connectivity index (χ1n) is 28.9. The molecule has 6 heteroatoms. The maximum Gasteiger partial charge on any atom is 0.305 e. The first kappa shape index (κ1) is 63.8. The highest BCUT2D eigenvalue weighted by Gasteiger charge is 2.18. The summed E-state index contributed by atoms with van der Waals surface area (Å²) in [4.78, 5) is 24.5. The van der Waals surface area contributed by atoms with Gasteiger partial charge in [-0.3, -0.25) is 9.59 Å². The fraction of sp³-hybridized carbons (Fsp3) is 0.833. The van der Waals surface area contributed by atoms with Crippen LogP contribution in [-0.4, -0.2) is 47.4 Å². The summed E-state index contributed by atoms with van der Waals surface area (Å²) in [6.45, 7) is 4.86. The Morgan fingerprint density at radius 3 is 1.18 bits per heavy atom. The van der Waals surface area contributed by atoms with Crippen LogP contribution in [0.25, 0.3) is 0 Å². The Bertz CT molecular complexity index is 1110. The van der Waals surface area contributed by atoms with Crippen molar-refractivity contribution in [2.45, 2.75) is 309 Å². The largest absolute Gasteiger partial charge is 0.466 e. The molecule has 0 aliphatic carbocycles. The number of nitrogens with one attached hydrogen (secondary N) is 1. The molecule has 0 aliphatic rings. The number of carbonyl (C=O) groups excluding carboxylic acids is 2. The van der Waals surface area contributed by atoms with Crippen molar-refractivity contribution < 1.29 is 24.5 Å². The number of carbonyl (C=O) groups is 2. The zero-order valence-corrected chi connectivity index (χ0v) is 43.9. The highest BCUT2D eigenvalue weighted by molar-refractivity contribution is 5.76. The SMILES string of the molecule is CCCCCC/C=C\C/C=C\CCCCCCCCCC(=O)OCCCCCCCCC/C=C\CCCCCCCC(=O)NC(CO)C(O)/C=C/CCCCCCCCCCCCCCC. The fourth-order valence-electron chi connectivity index (χ4n) is 8.60. The highest BCUT2D eigenvalue weighted by Crippen LogP contribution is 2.15. The van der Waals surface area contributed by atoms with Crippen LogP contribution in [0.4, 0.5) is 0 Å². The van der Waals surface area contributed by atoms with Gasteiger partial charge in [-0.05, 0) is 89.9 Å². The van der Waals surface area contributed by atoms with Crippen molar-refractivity contribution in [2.24, 2.45) is 0 Å². The maximum atomic E-state index is 12.4. The normalized spacial score (nSPS) is 13.0. The standard InChI is InChI=1S/C60H111NO5/c1-3-5-7-9-11-13-15-17-19-20-21-26-30-34-38-42-46-50-54-60(65)66-55-51-47-43-39-35-31-27-23-22-25-29-33-37-41-45-49-53-59(64)61-57(56-62)58(63)52-48-44-40-36-32-28-24-18-16-14-12-10-8-6-4-2/h13,15,19-20,22,25,48,52,57-58,62-63H,3-12,14,16-18,21,23-24,26-47,49-51,53-56H2,1-2H3,(H,61,64)/b15-13-,20-19-,25-22-,52-48+. The van der Waals surface area contributed by atoms with Crippen LogP contribution in [0.5, 0.6) is 0 Å². The van der Waals surface area contributed by atoms with Gasteiger partial charge >= 0.3 is 5.97 Å². The summed E-state index contributed by atoms with van der Waals surface area (Å²) in [5.41, 5.74) is 0. The van der Waals surface area contributed by atoms with Gasteiger partial charge in [0.05, 0.1) is 25.4 Å². The average Bonchev–Trinajstić information content (AvgIpc) is 3.32. The van der Waals surface area contributed by atoms with Gasteiger partial charge in [0.15, 0.2) is 0 Å². The van der Waals surface area contributed by atoms with Crippen molar-refractivity contribution in [3.63, 3.8) is 0 Å². The van der Waals surface area contributed by atoms with E-state index in [1.807, 2.05) is 6.08 Å². The number of unbranched alkanes of at least 4 members (excludes halogenated alkanes) is 36. The molecule has 386 valence electrons. The van der Waals surface area contributed by atoms with Gasteiger partial charge in [-0.2, -0.15) is 0 Å². The summed E-state index contributed by atoms with van der Waals surface area (Å²) in [5.74, 6) is -0.0972. The van der Waals surface area contributed by atoms with E-state index in [0.717, 1.165) is 70.6 Å². The summed E-state index contributed by atoms with van der Waals surface area (Å²) in [6, 6.07) is -0.641. The second kappa shape index (κ2) is 55.4. The minimum atomic E-state index is -0.856. The van der Waals surface area contributed by atoms with E-state index in [0.29, 0.717) is 19.4 Å². The number of rotatable bonds is 53. The second-order valence-corrected chi connectivity index (χ2v) is 19.6. The van der Waals surface area contributed by atoms with Gasteiger partial charge in [-0.1, -0.05) is 242 Å². The first-order valence-corrected chi connectivity index (χ1v) is 28.9. The molecule has 1 amide bonds. The van der Waals surface area contributed by atoms with E-state index in [2.05, 4.69) is 55.6 Å². The number of ether oxygens (including phenoxy) is 1. The van der Waals surface area contributed by atoms with Crippen molar-refractivity contribution in [3.8, 4) is 0 Å². The monoisotopic (exact) mass is 926 g/mol. The van der Waals surface area contributed by atoms with E-state index in [4.69, 9.17) is 4.74 Å². The molecule has 0 saturated heterocycles. The van der Waals surface area contributed by atoms with Crippen LogP contribution >= 0.6 is 0 Å². The fourth-order valence-corrected chi connectivity index (χ4v) is 8.60. The molecule has 0 saturated carbocycles. The van der Waals surface area contributed by atoms with E-state index in [1.54, 1.807) is 6.08 Å². The molecule has 2 atom stereocenters. The van der Waals surface area contributed by atoms with Crippen LogP contribution < -0.4 is 5.32 Å². The van der Waals surface area contributed by atoms with Crippen molar-refractivity contribution in [3.05, 3.63) is 48.6 Å². The molecule has 6 nitrogen and oxygen atoms in total. The zero-order valence-electron chi connectivity index (χ0n) is 43.9. The van der Waals surface area contributed by atoms with Gasteiger partial charge in [0.1, 0.15) is 0 Å². The smallest absolute Gasteiger partial charge is 0.305 e. The van der Waals surface area contributed by atoms with Gasteiger partial charge in [-0.15, -0.1) is 0 Å². The molecule has 0 aromatic rings. The molecule has 3 N–H and O–H groups in total.